The number of hydrogen-bond acceptors (Lipinski definition) is 5. The van der Waals surface area contributed by atoms with Crippen LogP contribution < -0.4 is 0 Å². The van der Waals surface area contributed by atoms with Gasteiger partial charge in [-0.2, -0.15) is 0 Å². The Morgan fingerprint density at radius 1 is 1.00 bits per heavy atom. The molecule has 0 aromatic heterocycles. The summed E-state index contributed by atoms with van der Waals surface area (Å²) in [6, 6.07) is 15.6. The number of nitro benzene ring substituents is 1. The lowest BCUT2D eigenvalue weighted by Gasteiger charge is -2.09. The number of nitrogens with zero attached hydrogens (tertiary/aromatic N) is 1. The molecular formula is C18H13NO5S. The van der Waals surface area contributed by atoms with Gasteiger partial charge in [0.15, 0.2) is 9.84 Å². The van der Waals surface area contributed by atoms with Crippen molar-refractivity contribution in [3.05, 3.63) is 81.9 Å². The van der Waals surface area contributed by atoms with E-state index in [2.05, 4.69) is 0 Å². The highest BCUT2D eigenvalue weighted by atomic mass is 32.2. The molecule has 3 aromatic rings. The smallest absolute Gasteiger partial charge is 0.273 e. The minimum Gasteiger partial charge on any atom is -0.298 e. The highest BCUT2D eigenvalue weighted by Gasteiger charge is 2.24. The molecule has 0 amide bonds. The Morgan fingerprint density at radius 3 is 2.44 bits per heavy atom. The molecule has 3 rings (SSSR count). The van der Waals surface area contributed by atoms with Gasteiger partial charge >= 0.3 is 0 Å². The van der Waals surface area contributed by atoms with Gasteiger partial charge in [-0.25, -0.2) is 8.42 Å². The Bertz CT molecular complexity index is 1080. The van der Waals surface area contributed by atoms with Crippen molar-refractivity contribution in [3.63, 3.8) is 0 Å². The number of aldehydes is 1. The molecule has 25 heavy (non-hydrogen) atoms. The molecule has 0 aliphatic rings. The van der Waals surface area contributed by atoms with Crippen LogP contribution >= 0.6 is 0 Å². The molecule has 126 valence electrons. The Balaban J connectivity index is 2.13. The van der Waals surface area contributed by atoms with Gasteiger partial charge in [0.25, 0.3) is 5.69 Å². The number of fused-ring (bicyclic) bond motifs is 1. The number of carbonyl (C=O) groups is 1. The van der Waals surface area contributed by atoms with Crippen LogP contribution in [0.4, 0.5) is 5.69 Å². The van der Waals surface area contributed by atoms with Crippen LogP contribution in [0.3, 0.4) is 0 Å². The molecule has 0 unspecified atom stereocenters. The maximum absolute atomic E-state index is 12.9. The molecule has 0 aliphatic carbocycles. The van der Waals surface area contributed by atoms with E-state index in [1.54, 1.807) is 36.4 Å². The van der Waals surface area contributed by atoms with Crippen molar-refractivity contribution in [1.82, 2.24) is 0 Å². The van der Waals surface area contributed by atoms with Crippen LogP contribution in [0, 0.1) is 10.1 Å². The van der Waals surface area contributed by atoms with E-state index in [0.29, 0.717) is 11.7 Å². The second-order valence-electron chi connectivity index (χ2n) is 5.50. The zero-order valence-corrected chi connectivity index (χ0v) is 13.8. The topological polar surface area (TPSA) is 94.3 Å². The lowest BCUT2D eigenvalue weighted by atomic mass is 10.1. The molecule has 0 fully saturated rings. The van der Waals surface area contributed by atoms with Gasteiger partial charge in [0.2, 0.25) is 0 Å². The normalized spacial score (nSPS) is 11.4. The third-order valence-electron chi connectivity index (χ3n) is 3.87. The first-order chi connectivity index (χ1) is 11.9. The SMILES string of the molecule is O=Cc1ccc([N+](=O)[O-])c(CS(=O)(=O)c2cccc3ccccc23)c1. The van der Waals surface area contributed by atoms with E-state index < -0.39 is 20.5 Å². The van der Waals surface area contributed by atoms with Gasteiger partial charge in [-0.3, -0.25) is 14.9 Å². The molecule has 0 radical (unpaired) electrons. The molecule has 6 nitrogen and oxygen atoms in total. The van der Waals surface area contributed by atoms with Crippen LogP contribution in [0.25, 0.3) is 10.8 Å². The number of sulfone groups is 1. The molecule has 0 spiro atoms. The first-order valence-electron chi connectivity index (χ1n) is 7.35. The average molecular weight is 355 g/mol. The van der Waals surface area contributed by atoms with Gasteiger partial charge in [-0.15, -0.1) is 0 Å². The Hall–Kier alpha value is -3.06. The second kappa shape index (κ2) is 6.45. The standard InChI is InChI=1S/C18H13NO5S/c20-11-13-8-9-17(19(21)22)15(10-13)12-25(23,24)18-7-3-5-14-4-1-2-6-16(14)18/h1-11H,12H2. The summed E-state index contributed by atoms with van der Waals surface area (Å²) < 4.78 is 25.8. The largest absolute Gasteiger partial charge is 0.298 e. The van der Waals surface area contributed by atoms with Gasteiger partial charge in [0.05, 0.1) is 15.6 Å². The Kier molecular flexibility index (Phi) is 4.33. The minimum absolute atomic E-state index is 0.0115. The van der Waals surface area contributed by atoms with Gasteiger partial charge in [0, 0.05) is 22.6 Å². The van der Waals surface area contributed by atoms with Crippen LogP contribution in [0.2, 0.25) is 0 Å². The first-order valence-corrected chi connectivity index (χ1v) is 9.00. The third-order valence-corrected chi connectivity index (χ3v) is 5.58. The lowest BCUT2D eigenvalue weighted by molar-refractivity contribution is -0.385. The van der Waals surface area contributed by atoms with E-state index in [-0.39, 0.29) is 21.7 Å². The summed E-state index contributed by atoms with van der Waals surface area (Å²) in [5.74, 6) is -0.557. The fourth-order valence-electron chi connectivity index (χ4n) is 2.72. The number of benzene rings is 3. The van der Waals surface area contributed by atoms with Gasteiger partial charge < -0.3 is 0 Å². The highest BCUT2D eigenvalue weighted by Crippen LogP contribution is 2.29. The molecule has 0 aliphatic heterocycles. The molecule has 3 aromatic carbocycles. The summed E-state index contributed by atoms with van der Waals surface area (Å²) in [6.45, 7) is 0. The van der Waals surface area contributed by atoms with Gasteiger partial charge in [0.1, 0.15) is 6.29 Å². The second-order valence-corrected chi connectivity index (χ2v) is 7.46. The van der Waals surface area contributed by atoms with E-state index in [0.717, 1.165) is 11.5 Å². The van der Waals surface area contributed by atoms with Crippen molar-refractivity contribution >= 4 is 32.6 Å². The molecule has 0 atom stereocenters. The number of carbonyl (C=O) groups excluding carboxylic acids is 1. The Labute approximate surface area is 143 Å². The van der Waals surface area contributed by atoms with E-state index in [1.165, 1.54) is 18.2 Å². The summed E-state index contributed by atoms with van der Waals surface area (Å²) in [6.07, 6.45) is 0.526. The maximum atomic E-state index is 12.9. The molecular weight excluding hydrogens is 342 g/mol. The van der Waals surface area contributed by atoms with E-state index in [9.17, 15) is 23.3 Å². The quantitative estimate of drug-likeness (QED) is 0.396. The summed E-state index contributed by atoms with van der Waals surface area (Å²) in [4.78, 5) is 21.6. The van der Waals surface area contributed by atoms with Crippen molar-refractivity contribution in [2.75, 3.05) is 0 Å². The third kappa shape index (κ3) is 3.27. The van der Waals surface area contributed by atoms with Crippen LogP contribution in [-0.4, -0.2) is 19.6 Å². The monoisotopic (exact) mass is 355 g/mol. The molecule has 0 saturated heterocycles. The maximum Gasteiger partial charge on any atom is 0.273 e. The number of rotatable bonds is 5. The summed E-state index contributed by atoms with van der Waals surface area (Å²) in [5.41, 5.74) is -0.148. The molecule has 7 heteroatoms. The summed E-state index contributed by atoms with van der Waals surface area (Å²) in [5, 5.41) is 12.5. The molecule has 0 bridgehead atoms. The molecule has 0 heterocycles. The predicted octanol–water partition coefficient (Wildman–Crippen LogP) is 3.53. The van der Waals surface area contributed by atoms with Crippen molar-refractivity contribution in [1.29, 1.82) is 0 Å². The number of hydrogen-bond donors (Lipinski definition) is 0. The van der Waals surface area contributed by atoms with Gasteiger partial charge in [-0.1, -0.05) is 36.4 Å². The van der Waals surface area contributed by atoms with Crippen molar-refractivity contribution < 1.29 is 18.1 Å². The van der Waals surface area contributed by atoms with Crippen molar-refractivity contribution in [2.45, 2.75) is 10.6 Å². The molecule has 0 N–H and O–H groups in total. The van der Waals surface area contributed by atoms with Crippen LogP contribution in [0.1, 0.15) is 15.9 Å². The summed E-state index contributed by atoms with van der Waals surface area (Å²) >= 11 is 0. The summed E-state index contributed by atoms with van der Waals surface area (Å²) in [7, 11) is -3.84. The van der Waals surface area contributed by atoms with E-state index in [4.69, 9.17) is 0 Å². The highest BCUT2D eigenvalue weighted by molar-refractivity contribution is 7.90. The average Bonchev–Trinajstić information content (AvgIpc) is 2.60. The van der Waals surface area contributed by atoms with Crippen LogP contribution in [-0.2, 0) is 15.6 Å². The zero-order chi connectivity index (χ0) is 18.0. The fraction of sp³-hybridized carbons (Fsp3) is 0.0556. The number of nitro groups is 1. The zero-order valence-electron chi connectivity index (χ0n) is 13.0. The minimum atomic E-state index is -3.84. The van der Waals surface area contributed by atoms with Crippen molar-refractivity contribution in [2.24, 2.45) is 0 Å². The van der Waals surface area contributed by atoms with Gasteiger partial charge in [-0.05, 0) is 23.6 Å². The van der Waals surface area contributed by atoms with Crippen LogP contribution in [0.5, 0.6) is 0 Å². The first kappa shape index (κ1) is 16.8. The lowest BCUT2D eigenvalue weighted by Crippen LogP contribution is -2.08. The van der Waals surface area contributed by atoms with Crippen molar-refractivity contribution in [3.8, 4) is 0 Å². The predicted molar refractivity (Wildman–Crippen MR) is 93.3 cm³/mol. The Morgan fingerprint density at radius 2 is 1.72 bits per heavy atom. The van der Waals surface area contributed by atoms with E-state index in [1.807, 2.05) is 0 Å². The van der Waals surface area contributed by atoms with E-state index >= 15 is 0 Å². The van der Waals surface area contributed by atoms with Crippen LogP contribution in [0.15, 0.2) is 65.6 Å². The fourth-order valence-corrected chi connectivity index (χ4v) is 4.32. The molecule has 0 saturated carbocycles.